The molecule has 1 aromatic rings. The first-order valence-electron chi connectivity index (χ1n) is 8.14. The predicted octanol–water partition coefficient (Wildman–Crippen LogP) is 2.49. The molecule has 2 rings (SSSR count). The summed E-state index contributed by atoms with van der Waals surface area (Å²) in [5.74, 6) is -0.954. The van der Waals surface area contributed by atoms with Crippen molar-refractivity contribution >= 4 is 20.5 Å². The van der Waals surface area contributed by atoms with E-state index in [4.69, 9.17) is 18.3 Å². The monoisotopic (exact) mass is 352 g/mol. The second kappa shape index (κ2) is 7.91. The van der Waals surface area contributed by atoms with Crippen molar-refractivity contribution < 1.29 is 27.9 Å². The average Bonchev–Trinajstić information content (AvgIpc) is 2.55. The van der Waals surface area contributed by atoms with Crippen LogP contribution in [0.3, 0.4) is 0 Å². The Labute approximate surface area is 143 Å². The molecular formula is C17H24O6Si. The van der Waals surface area contributed by atoms with Crippen LogP contribution in [-0.4, -0.2) is 39.1 Å². The summed E-state index contributed by atoms with van der Waals surface area (Å²) < 4.78 is 22.8. The highest BCUT2D eigenvalue weighted by atomic mass is 28.4. The molecule has 1 heterocycles. The van der Waals surface area contributed by atoms with E-state index in [0.29, 0.717) is 19.3 Å². The van der Waals surface area contributed by atoms with Crippen molar-refractivity contribution in [3.63, 3.8) is 0 Å². The standard InChI is InChI=1S/C17H24O6Si/c1-4-24(22-14(2)18,17(3)20-11-8-12-21-17)23-16(19)13-15-9-6-5-7-10-15/h5-7,9-10H,4,8,11-13H2,1-3H3. The van der Waals surface area contributed by atoms with Crippen LogP contribution < -0.4 is 0 Å². The number of hydrogen-bond acceptors (Lipinski definition) is 6. The third-order valence-electron chi connectivity index (χ3n) is 3.98. The molecule has 132 valence electrons. The molecule has 0 aliphatic carbocycles. The van der Waals surface area contributed by atoms with Crippen molar-refractivity contribution in [3.05, 3.63) is 35.9 Å². The van der Waals surface area contributed by atoms with Gasteiger partial charge in [0.15, 0.2) is 0 Å². The molecule has 1 atom stereocenters. The number of ether oxygens (including phenoxy) is 2. The molecule has 1 aliphatic rings. The molecule has 0 radical (unpaired) electrons. The van der Waals surface area contributed by atoms with E-state index in [2.05, 4.69) is 0 Å². The predicted molar refractivity (Wildman–Crippen MR) is 89.2 cm³/mol. The maximum atomic E-state index is 12.5. The van der Waals surface area contributed by atoms with E-state index in [9.17, 15) is 9.59 Å². The Morgan fingerprint density at radius 3 is 2.33 bits per heavy atom. The van der Waals surface area contributed by atoms with Gasteiger partial charge in [0.1, 0.15) is 0 Å². The number of benzene rings is 1. The molecular weight excluding hydrogens is 328 g/mol. The van der Waals surface area contributed by atoms with Crippen molar-refractivity contribution in [3.8, 4) is 0 Å². The largest absolute Gasteiger partial charge is 0.525 e. The van der Waals surface area contributed by atoms with Crippen molar-refractivity contribution in [1.29, 1.82) is 0 Å². The third kappa shape index (κ3) is 4.22. The van der Waals surface area contributed by atoms with Gasteiger partial charge in [-0.15, -0.1) is 0 Å². The molecule has 1 aliphatic heterocycles. The zero-order valence-electron chi connectivity index (χ0n) is 14.4. The number of carbonyl (C=O) groups excluding carboxylic acids is 2. The molecule has 0 spiro atoms. The molecule has 1 aromatic carbocycles. The third-order valence-corrected chi connectivity index (χ3v) is 7.76. The lowest BCUT2D eigenvalue weighted by molar-refractivity contribution is -0.227. The van der Waals surface area contributed by atoms with Crippen molar-refractivity contribution in [2.45, 2.75) is 45.1 Å². The van der Waals surface area contributed by atoms with Crippen molar-refractivity contribution in [1.82, 2.24) is 0 Å². The molecule has 1 saturated heterocycles. The van der Waals surface area contributed by atoms with Gasteiger partial charge in [0.25, 0.3) is 11.9 Å². The summed E-state index contributed by atoms with van der Waals surface area (Å²) in [7, 11) is -3.42. The highest BCUT2D eigenvalue weighted by Crippen LogP contribution is 2.34. The van der Waals surface area contributed by atoms with Gasteiger partial charge in [0, 0.05) is 13.0 Å². The minimum absolute atomic E-state index is 0.104. The second-order valence-corrected chi connectivity index (χ2v) is 9.36. The molecule has 0 N–H and O–H groups in total. The molecule has 1 unspecified atom stereocenters. The van der Waals surface area contributed by atoms with Gasteiger partial charge in [0.2, 0.25) is 5.41 Å². The summed E-state index contributed by atoms with van der Waals surface area (Å²) in [4.78, 5) is 24.1. The van der Waals surface area contributed by atoms with Crippen LogP contribution in [0.4, 0.5) is 0 Å². The molecule has 0 amide bonds. The zero-order valence-corrected chi connectivity index (χ0v) is 15.4. The van der Waals surface area contributed by atoms with Crippen LogP contribution in [0.25, 0.3) is 0 Å². The average molecular weight is 352 g/mol. The molecule has 0 saturated carbocycles. The summed E-state index contributed by atoms with van der Waals surface area (Å²) in [5, 5.41) is 0. The highest BCUT2D eigenvalue weighted by molar-refractivity contribution is 6.72. The minimum Gasteiger partial charge on any atom is -0.482 e. The molecule has 0 bridgehead atoms. The highest BCUT2D eigenvalue weighted by Gasteiger charge is 2.63. The SMILES string of the molecule is CC[Si](OC(C)=O)(OC(=O)Cc1ccccc1)C1(C)OCCCO1. The van der Waals surface area contributed by atoms with Gasteiger partial charge < -0.3 is 18.3 Å². The van der Waals surface area contributed by atoms with Gasteiger partial charge in [0.05, 0.1) is 19.6 Å². The Bertz CT molecular complexity index is 570. The van der Waals surface area contributed by atoms with Gasteiger partial charge >= 0.3 is 8.56 Å². The van der Waals surface area contributed by atoms with E-state index in [1.165, 1.54) is 6.92 Å². The van der Waals surface area contributed by atoms with Gasteiger partial charge in [-0.1, -0.05) is 37.3 Å². The fourth-order valence-electron chi connectivity index (χ4n) is 2.74. The van der Waals surface area contributed by atoms with Gasteiger partial charge in [-0.3, -0.25) is 9.59 Å². The van der Waals surface area contributed by atoms with Crippen LogP contribution in [0.15, 0.2) is 30.3 Å². The summed E-state index contributed by atoms with van der Waals surface area (Å²) >= 11 is 0. The van der Waals surface area contributed by atoms with Gasteiger partial charge in [-0.25, -0.2) is 0 Å². The van der Waals surface area contributed by atoms with Crippen LogP contribution in [0.1, 0.15) is 32.8 Å². The maximum Gasteiger partial charge on any atom is 0.525 e. The van der Waals surface area contributed by atoms with Crippen LogP contribution in [0.5, 0.6) is 0 Å². The zero-order chi connectivity index (χ0) is 17.6. The fraction of sp³-hybridized carbons (Fsp3) is 0.529. The van der Waals surface area contributed by atoms with E-state index in [1.54, 1.807) is 6.92 Å². The maximum absolute atomic E-state index is 12.5. The van der Waals surface area contributed by atoms with Crippen LogP contribution >= 0.6 is 0 Å². The van der Waals surface area contributed by atoms with E-state index in [0.717, 1.165) is 12.0 Å². The van der Waals surface area contributed by atoms with Gasteiger partial charge in [-0.05, 0) is 18.9 Å². The normalized spacial score (nSPS) is 19.1. The topological polar surface area (TPSA) is 71.1 Å². The quantitative estimate of drug-likeness (QED) is 0.733. The summed E-state index contributed by atoms with van der Waals surface area (Å²) in [6.45, 7) is 5.76. The minimum atomic E-state index is -3.42. The number of rotatable bonds is 6. The summed E-state index contributed by atoms with van der Waals surface area (Å²) in [6, 6.07) is 9.63. The molecule has 7 heteroatoms. The summed E-state index contributed by atoms with van der Waals surface area (Å²) in [5.41, 5.74) is -0.363. The fourth-order valence-corrected chi connectivity index (χ4v) is 5.63. The van der Waals surface area contributed by atoms with E-state index in [1.807, 2.05) is 37.3 Å². The number of carbonyl (C=O) groups is 2. The molecule has 0 aromatic heterocycles. The Morgan fingerprint density at radius 1 is 1.17 bits per heavy atom. The van der Waals surface area contributed by atoms with Crippen LogP contribution in [0.2, 0.25) is 6.04 Å². The smallest absolute Gasteiger partial charge is 0.482 e. The lowest BCUT2D eigenvalue weighted by Crippen LogP contribution is -2.66. The van der Waals surface area contributed by atoms with E-state index < -0.39 is 25.9 Å². The Morgan fingerprint density at radius 2 is 1.79 bits per heavy atom. The lowest BCUT2D eigenvalue weighted by Gasteiger charge is -2.43. The number of hydrogen-bond donors (Lipinski definition) is 0. The van der Waals surface area contributed by atoms with Crippen molar-refractivity contribution in [2.24, 2.45) is 0 Å². The Balaban J connectivity index is 2.21. The molecule has 6 nitrogen and oxygen atoms in total. The Hall–Kier alpha value is -1.70. The second-order valence-electron chi connectivity index (χ2n) is 5.83. The van der Waals surface area contributed by atoms with E-state index in [-0.39, 0.29) is 6.42 Å². The van der Waals surface area contributed by atoms with Crippen LogP contribution in [-0.2, 0) is 34.3 Å². The first kappa shape index (κ1) is 18.6. The van der Waals surface area contributed by atoms with Crippen LogP contribution in [0, 0.1) is 0 Å². The summed E-state index contributed by atoms with van der Waals surface area (Å²) in [6.07, 6.45) is 0.856. The van der Waals surface area contributed by atoms with E-state index >= 15 is 0 Å². The first-order valence-corrected chi connectivity index (χ1v) is 10.2. The molecule has 24 heavy (non-hydrogen) atoms. The lowest BCUT2D eigenvalue weighted by atomic mass is 10.2. The van der Waals surface area contributed by atoms with Crippen molar-refractivity contribution in [2.75, 3.05) is 13.2 Å². The first-order chi connectivity index (χ1) is 11.4. The van der Waals surface area contributed by atoms with Gasteiger partial charge in [-0.2, -0.15) is 0 Å². The molecule has 1 fully saturated rings. The Kier molecular flexibility index (Phi) is 6.14.